The van der Waals surface area contributed by atoms with Crippen LogP contribution in [0.25, 0.3) is 0 Å². The van der Waals surface area contributed by atoms with Crippen LogP contribution in [0.2, 0.25) is 0 Å². The van der Waals surface area contributed by atoms with Crippen LogP contribution in [0.4, 0.5) is 0 Å². The molecule has 1 N–H and O–H groups in total. The number of aromatic amines is 1. The first-order valence-corrected chi connectivity index (χ1v) is 7.38. The van der Waals surface area contributed by atoms with Crippen LogP contribution in [-0.4, -0.2) is 43.0 Å². The van der Waals surface area contributed by atoms with Crippen molar-refractivity contribution in [2.75, 3.05) is 13.1 Å². The summed E-state index contributed by atoms with van der Waals surface area (Å²) >= 11 is 0. The Morgan fingerprint density at radius 3 is 3.05 bits per heavy atom. The number of hydrogen-bond acceptors (Lipinski definition) is 4. The molecule has 0 amide bonds. The van der Waals surface area contributed by atoms with E-state index in [2.05, 4.69) is 44.4 Å². The molecule has 0 radical (unpaired) electrons. The molecule has 3 rings (SSSR count). The van der Waals surface area contributed by atoms with E-state index in [9.17, 15) is 0 Å². The highest BCUT2D eigenvalue weighted by Gasteiger charge is 2.24. The van der Waals surface area contributed by atoms with Crippen LogP contribution in [0.15, 0.2) is 12.3 Å². The molecule has 108 valence electrons. The summed E-state index contributed by atoms with van der Waals surface area (Å²) in [6, 6.07) is 2.12. The molecular weight excluding hydrogens is 252 g/mol. The molecule has 6 heteroatoms. The third-order valence-corrected chi connectivity index (χ3v) is 3.89. The van der Waals surface area contributed by atoms with Crippen molar-refractivity contribution in [1.82, 2.24) is 29.9 Å². The van der Waals surface area contributed by atoms with Gasteiger partial charge in [-0.25, -0.2) is 4.98 Å². The minimum atomic E-state index is 0.446. The molecule has 6 nitrogen and oxygen atoms in total. The average molecular weight is 274 g/mol. The number of likely N-dealkylation sites (tertiary alicyclic amines) is 1. The van der Waals surface area contributed by atoms with Gasteiger partial charge in [-0.3, -0.25) is 14.7 Å². The Kier molecular flexibility index (Phi) is 3.82. The van der Waals surface area contributed by atoms with Crippen LogP contribution in [0.1, 0.15) is 43.0 Å². The molecule has 20 heavy (non-hydrogen) atoms. The summed E-state index contributed by atoms with van der Waals surface area (Å²) < 4.78 is 1.98. The van der Waals surface area contributed by atoms with Crippen molar-refractivity contribution in [2.45, 2.75) is 45.7 Å². The van der Waals surface area contributed by atoms with Gasteiger partial charge in [-0.2, -0.15) is 10.2 Å². The van der Waals surface area contributed by atoms with Gasteiger partial charge in [0.05, 0.1) is 5.69 Å². The number of aryl methyl sites for hydroxylation is 2. The van der Waals surface area contributed by atoms with Crippen LogP contribution < -0.4 is 0 Å². The van der Waals surface area contributed by atoms with Gasteiger partial charge >= 0.3 is 0 Å². The Hall–Kier alpha value is -1.69. The molecule has 0 aromatic carbocycles. The summed E-state index contributed by atoms with van der Waals surface area (Å²) in [5.74, 6) is 2.31. The van der Waals surface area contributed by atoms with Gasteiger partial charge in [0.1, 0.15) is 5.82 Å². The van der Waals surface area contributed by atoms with Gasteiger partial charge in [0.2, 0.25) is 0 Å². The second-order valence-electron chi connectivity index (χ2n) is 5.52. The molecule has 1 fully saturated rings. The van der Waals surface area contributed by atoms with E-state index < -0.39 is 0 Å². The second-order valence-corrected chi connectivity index (χ2v) is 5.52. The molecule has 0 unspecified atom stereocenters. The van der Waals surface area contributed by atoms with Crippen molar-refractivity contribution in [3.8, 4) is 0 Å². The molecule has 0 saturated carbocycles. The molecule has 0 bridgehead atoms. The van der Waals surface area contributed by atoms with Gasteiger partial charge in [-0.05, 0) is 39.3 Å². The topological polar surface area (TPSA) is 62.6 Å². The Bertz CT molecular complexity index is 558. The van der Waals surface area contributed by atoms with Crippen LogP contribution in [0.3, 0.4) is 0 Å². The van der Waals surface area contributed by atoms with E-state index in [4.69, 9.17) is 0 Å². The number of rotatable bonds is 4. The number of nitrogens with zero attached hydrogens (tertiary/aromatic N) is 5. The Morgan fingerprint density at radius 2 is 2.35 bits per heavy atom. The summed E-state index contributed by atoms with van der Waals surface area (Å²) in [7, 11) is 0. The van der Waals surface area contributed by atoms with E-state index in [-0.39, 0.29) is 0 Å². The lowest BCUT2D eigenvalue weighted by atomic mass is 9.97. The molecule has 3 heterocycles. The van der Waals surface area contributed by atoms with E-state index in [0.717, 1.165) is 43.5 Å². The van der Waals surface area contributed by atoms with Gasteiger partial charge in [0.15, 0.2) is 5.82 Å². The standard InChI is InChI=1S/C14H22N6/c1-3-20-8-6-13(18-20)10-19-7-4-5-12(9-19)14-15-11(2)16-17-14/h6,8,12H,3-5,7,9-10H2,1-2H3,(H,15,16,17)/t12-/m1/s1. The molecule has 1 atom stereocenters. The highest BCUT2D eigenvalue weighted by Crippen LogP contribution is 2.25. The summed E-state index contributed by atoms with van der Waals surface area (Å²) in [6.45, 7) is 8.08. The Labute approximate surface area is 119 Å². The molecule has 2 aromatic rings. The zero-order valence-corrected chi connectivity index (χ0v) is 12.2. The fourth-order valence-electron chi connectivity index (χ4n) is 2.85. The Balaban J connectivity index is 1.63. The van der Waals surface area contributed by atoms with E-state index in [1.165, 1.54) is 12.8 Å². The zero-order chi connectivity index (χ0) is 13.9. The molecule has 1 aliphatic heterocycles. The maximum absolute atomic E-state index is 4.56. The second kappa shape index (κ2) is 5.75. The number of hydrogen-bond donors (Lipinski definition) is 1. The first-order valence-electron chi connectivity index (χ1n) is 7.38. The monoisotopic (exact) mass is 274 g/mol. The summed E-state index contributed by atoms with van der Waals surface area (Å²) in [6.07, 6.45) is 4.43. The molecule has 1 saturated heterocycles. The minimum Gasteiger partial charge on any atom is -0.297 e. The van der Waals surface area contributed by atoms with Gasteiger partial charge in [-0.15, -0.1) is 0 Å². The number of piperidine rings is 1. The highest BCUT2D eigenvalue weighted by atomic mass is 15.3. The highest BCUT2D eigenvalue weighted by molar-refractivity contribution is 5.03. The lowest BCUT2D eigenvalue weighted by molar-refractivity contribution is 0.194. The average Bonchev–Trinajstić information content (AvgIpc) is 3.08. The fraction of sp³-hybridized carbons (Fsp3) is 0.643. The van der Waals surface area contributed by atoms with Crippen molar-refractivity contribution in [3.63, 3.8) is 0 Å². The van der Waals surface area contributed by atoms with Crippen molar-refractivity contribution >= 4 is 0 Å². The summed E-state index contributed by atoms with van der Waals surface area (Å²) in [4.78, 5) is 6.94. The smallest absolute Gasteiger partial charge is 0.155 e. The lowest BCUT2D eigenvalue weighted by Gasteiger charge is -2.30. The van der Waals surface area contributed by atoms with Crippen LogP contribution in [-0.2, 0) is 13.1 Å². The summed E-state index contributed by atoms with van der Waals surface area (Å²) in [5.41, 5.74) is 1.15. The molecule has 0 spiro atoms. The summed E-state index contributed by atoms with van der Waals surface area (Å²) in [5, 5.41) is 11.8. The van der Waals surface area contributed by atoms with E-state index in [0.29, 0.717) is 5.92 Å². The molecular formula is C14H22N6. The third kappa shape index (κ3) is 2.90. The lowest BCUT2D eigenvalue weighted by Crippen LogP contribution is -2.34. The first kappa shape index (κ1) is 13.3. The fourth-order valence-corrected chi connectivity index (χ4v) is 2.85. The number of aromatic nitrogens is 5. The normalized spacial score (nSPS) is 20.4. The predicted octanol–water partition coefficient (Wildman–Crippen LogP) is 1.71. The zero-order valence-electron chi connectivity index (χ0n) is 12.2. The van der Waals surface area contributed by atoms with Crippen molar-refractivity contribution < 1.29 is 0 Å². The minimum absolute atomic E-state index is 0.446. The van der Waals surface area contributed by atoms with Gasteiger partial charge in [0.25, 0.3) is 0 Å². The van der Waals surface area contributed by atoms with Crippen molar-refractivity contribution in [1.29, 1.82) is 0 Å². The largest absolute Gasteiger partial charge is 0.297 e. The number of H-pyrrole nitrogens is 1. The molecule has 1 aliphatic rings. The number of nitrogens with one attached hydrogen (secondary N) is 1. The van der Waals surface area contributed by atoms with Gasteiger partial charge in [0, 0.05) is 31.7 Å². The Morgan fingerprint density at radius 1 is 1.45 bits per heavy atom. The van der Waals surface area contributed by atoms with Crippen LogP contribution in [0, 0.1) is 6.92 Å². The molecule has 2 aromatic heterocycles. The maximum Gasteiger partial charge on any atom is 0.155 e. The molecule has 0 aliphatic carbocycles. The van der Waals surface area contributed by atoms with E-state index >= 15 is 0 Å². The predicted molar refractivity (Wildman–Crippen MR) is 76.3 cm³/mol. The first-order chi connectivity index (χ1) is 9.74. The van der Waals surface area contributed by atoms with Gasteiger partial charge < -0.3 is 0 Å². The van der Waals surface area contributed by atoms with Crippen molar-refractivity contribution in [2.24, 2.45) is 0 Å². The third-order valence-electron chi connectivity index (χ3n) is 3.89. The van der Waals surface area contributed by atoms with Gasteiger partial charge in [-0.1, -0.05) is 0 Å². The van der Waals surface area contributed by atoms with Crippen LogP contribution >= 0.6 is 0 Å². The van der Waals surface area contributed by atoms with E-state index in [1.54, 1.807) is 0 Å². The van der Waals surface area contributed by atoms with Crippen molar-refractivity contribution in [3.05, 3.63) is 29.6 Å². The maximum atomic E-state index is 4.56. The quantitative estimate of drug-likeness (QED) is 0.922. The van der Waals surface area contributed by atoms with E-state index in [1.807, 2.05) is 11.6 Å². The van der Waals surface area contributed by atoms with Crippen LogP contribution in [0.5, 0.6) is 0 Å². The SMILES string of the molecule is CCn1ccc(CN2CCC[C@@H](c3n[nH]c(C)n3)C2)n1.